The number of hydrogen-bond donors (Lipinski definition) is 3. The third-order valence-electron chi connectivity index (χ3n) is 7.37. The summed E-state index contributed by atoms with van der Waals surface area (Å²) in [5.74, 6) is 0.477. The molecule has 1 atom stereocenters. The first-order chi connectivity index (χ1) is 16.8. The van der Waals surface area contributed by atoms with Gasteiger partial charge in [0, 0.05) is 30.6 Å². The molecule has 0 unspecified atom stereocenters. The highest BCUT2D eigenvalue weighted by atomic mass is 32.1. The van der Waals surface area contributed by atoms with E-state index in [-0.39, 0.29) is 28.5 Å². The Hall–Kier alpha value is -3.81. The Morgan fingerprint density at radius 3 is 2.80 bits per heavy atom. The van der Waals surface area contributed by atoms with Crippen molar-refractivity contribution < 1.29 is 0 Å². The van der Waals surface area contributed by atoms with Gasteiger partial charge in [0.05, 0.1) is 34.6 Å². The van der Waals surface area contributed by atoms with Crippen molar-refractivity contribution in [1.82, 2.24) is 14.5 Å². The second-order valence-electron chi connectivity index (χ2n) is 9.25. The number of nitriles is 1. The van der Waals surface area contributed by atoms with Gasteiger partial charge in [-0.15, -0.1) is 11.3 Å². The van der Waals surface area contributed by atoms with E-state index < -0.39 is 5.56 Å². The Morgan fingerprint density at radius 1 is 1.37 bits per heavy atom. The Morgan fingerprint density at radius 2 is 2.11 bits per heavy atom. The van der Waals surface area contributed by atoms with Gasteiger partial charge in [0.25, 0.3) is 5.56 Å². The first kappa shape index (κ1) is 23.0. The summed E-state index contributed by atoms with van der Waals surface area (Å²) in [5.41, 5.74) is 16.5. The van der Waals surface area contributed by atoms with Gasteiger partial charge >= 0.3 is 0 Å². The quantitative estimate of drug-likeness (QED) is 0.480. The number of benzene rings is 1. The molecular formula is C25H26N8OS. The van der Waals surface area contributed by atoms with Crippen molar-refractivity contribution in [2.45, 2.75) is 25.3 Å². The molecule has 5 N–H and O–H groups in total. The Balaban J connectivity index is 1.39. The lowest BCUT2D eigenvalue weighted by Gasteiger charge is -2.42. The van der Waals surface area contributed by atoms with E-state index in [0.717, 1.165) is 25.0 Å². The lowest BCUT2D eigenvalue weighted by molar-refractivity contribution is 0.185. The molecule has 178 valence electrons. The normalized spacial score (nSPS) is 18.3. The Bertz CT molecular complexity index is 1450. The molecule has 1 aliphatic heterocycles. The van der Waals surface area contributed by atoms with Gasteiger partial charge < -0.3 is 16.4 Å². The number of aromatic nitrogens is 3. The third kappa shape index (κ3) is 3.64. The fourth-order valence-corrected chi connectivity index (χ4v) is 6.19. The molecule has 0 radical (unpaired) electrons. The number of nitrogen functional groups attached to an aromatic ring is 1. The van der Waals surface area contributed by atoms with Crippen molar-refractivity contribution in [2.24, 2.45) is 18.2 Å². The second kappa shape index (κ2) is 8.45. The van der Waals surface area contributed by atoms with Crippen LogP contribution in [0.15, 0.2) is 41.1 Å². The van der Waals surface area contributed by atoms with Crippen LogP contribution in [0.1, 0.15) is 46.1 Å². The van der Waals surface area contributed by atoms with Crippen LogP contribution in [-0.4, -0.2) is 33.3 Å². The maximum absolute atomic E-state index is 13.3. The molecule has 0 bridgehead atoms. The lowest BCUT2D eigenvalue weighted by Crippen LogP contribution is -2.46. The molecule has 0 saturated carbocycles. The zero-order chi connectivity index (χ0) is 24.9. The van der Waals surface area contributed by atoms with Crippen molar-refractivity contribution in [3.05, 3.63) is 74.0 Å². The molecule has 10 heteroatoms. The van der Waals surface area contributed by atoms with Gasteiger partial charge in [0.15, 0.2) is 0 Å². The number of allylic oxidation sites excluding steroid dienone is 1. The van der Waals surface area contributed by atoms with E-state index in [1.165, 1.54) is 9.44 Å². The van der Waals surface area contributed by atoms with E-state index in [1.807, 2.05) is 5.51 Å². The fraction of sp³-hybridized carbons (Fsp3) is 0.320. The van der Waals surface area contributed by atoms with Crippen LogP contribution in [0, 0.1) is 22.2 Å². The number of rotatable bonds is 4. The summed E-state index contributed by atoms with van der Waals surface area (Å²) >= 11 is 1.67. The molecule has 35 heavy (non-hydrogen) atoms. The van der Waals surface area contributed by atoms with Crippen molar-refractivity contribution in [3.63, 3.8) is 0 Å². The molecule has 5 rings (SSSR count). The second-order valence-corrected chi connectivity index (χ2v) is 10.2. The van der Waals surface area contributed by atoms with Gasteiger partial charge in [0.1, 0.15) is 11.4 Å². The minimum atomic E-state index is -0.403. The van der Waals surface area contributed by atoms with Crippen LogP contribution in [0.25, 0.3) is 5.57 Å². The van der Waals surface area contributed by atoms with Crippen LogP contribution >= 0.6 is 11.3 Å². The number of nitrogens with one attached hydrogen (secondary N) is 1. The molecule has 3 aromatic rings. The minimum Gasteiger partial charge on any atom is -0.383 e. The van der Waals surface area contributed by atoms with Crippen LogP contribution in [0.2, 0.25) is 0 Å². The standard InChI is InChI=1S/C25H26N8OS/c1-14(16-5-3-4-15(10-16)12-26)19(27)18-22(29)31-24(32(2)23(18)34)33-8-6-25(7-9-33)11-17-20(21(25)28)30-13-35-17/h3-5,10,13,21,27H,1,6-9,11,28-29H2,2H3/t21-/m1/s1. The first-order valence-electron chi connectivity index (χ1n) is 11.3. The Kier molecular flexibility index (Phi) is 5.54. The largest absolute Gasteiger partial charge is 0.383 e. The molecule has 2 aliphatic rings. The average molecular weight is 487 g/mol. The van der Waals surface area contributed by atoms with Gasteiger partial charge in [-0.25, -0.2) is 4.98 Å². The van der Waals surface area contributed by atoms with Crippen LogP contribution in [-0.2, 0) is 13.5 Å². The molecule has 1 spiro atoms. The van der Waals surface area contributed by atoms with E-state index >= 15 is 0 Å². The van der Waals surface area contributed by atoms with Gasteiger partial charge in [-0.3, -0.25) is 14.8 Å². The van der Waals surface area contributed by atoms with Crippen molar-refractivity contribution in [1.29, 1.82) is 10.7 Å². The molecule has 1 saturated heterocycles. The van der Waals surface area contributed by atoms with E-state index in [9.17, 15) is 4.79 Å². The summed E-state index contributed by atoms with van der Waals surface area (Å²) in [6.07, 6.45) is 2.69. The van der Waals surface area contributed by atoms with Crippen LogP contribution < -0.4 is 21.9 Å². The van der Waals surface area contributed by atoms with Crippen LogP contribution in [0.3, 0.4) is 0 Å². The van der Waals surface area contributed by atoms with Crippen molar-refractivity contribution >= 4 is 34.4 Å². The summed E-state index contributed by atoms with van der Waals surface area (Å²) in [6.45, 7) is 5.37. The maximum Gasteiger partial charge on any atom is 0.266 e. The van der Waals surface area contributed by atoms with E-state index in [4.69, 9.17) is 22.1 Å². The van der Waals surface area contributed by atoms with E-state index in [0.29, 0.717) is 35.7 Å². The molecule has 1 aliphatic carbocycles. The molecule has 9 nitrogen and oxygen atoms in total. The van der Waals surface area contributed by atoms with Gasteiger partial charge in [-0.1, -0.05) is 18.7 Å². The summed E-state index contributed by atoms with van der Waals surface area (Å²) in [5, 5.41) is 17.8. The summed E-state index contributed by atoms with van der Waals surface area (Å²) in [7, 11) is 1.65. The fourth-order valence-electron chi connectivity index (χ4n) is 5.22. The summed E-state index contributed by atoms with van der Waals surface area (Å²) in [6, 6.07) is 8.75. The van der Waals surface area contributed by atoms with Gasteiger partial charge in [0.2, 0.25) is 5.95 Å². The number of anilines is 2. The average Bonchev–Trinajstić information content (AvgIpc) is 3.42. The van der Waals surface area contributed by atoms with E-state index in [1.54, 1.807) is 42.6 Å². The highest BCUT2D eigenvalue weighted by Crippen LogP contribution is 2.51. The van der Waals surface area contributed by atoms with E-state index in [2.05, 4.69) is 27.5 Å². The number of nitrogens with zero attached hydrogens (tertiary/aromatic N) is 5. The van der Waals surface area contributed by atoms with Gasteiger partial charge in [-0.05, 0) is 42.4 Å². The van der Waals surface area contributed by atoms with Crippen LogP contribution in [0.4, 0.5) is 11.8 Å². The molecule has 1 aromatic carbocycles. The minimum absolute atomic E-state index is 0.00470. The number of piperidine rings is 1. The molecule has 1 fully saturated rings. The monoisotopic (exact) mass is 486 g/mol. The number of fused-ring (bicyclic) bond motifs is 1. The van der Waals surface area contributed by atoms with Crippen molar-refractivity contribution in [2.75, 3.05) is 23.7 Å². The SMILES string of the molecule is C=C(C(=N)c1c(N)nc(N2CCC3(CC2)Cc2scnc2[C@H]3N)n(C)c1=O)c1cccc(C#N)c1. The first-order valence-corrected chi connectivity index (χ1v) is 12.2. The topological polar surface area (TPSA) is 151 Å². The number of hydrogen-bond acceptors (Lipinski definition) is 9. The third-order valence-corrected chi connectivity index (χ3v) is 8.22. The molecule has 0 amide bonds. The molecular weight excluding hydrogens is 460 g/mol. The molecule has 2 aromatic heterocycles. The predicted octanol–water partition coefficient (Wildman–Crippen LogP) is 2.61. The highest BCUT2D eigenvalue weighted by Gasteiger charge is 2.47. The smallest absolute Gasteiger partial charge is 0.266 e. The number of thiazole rings is 1. The highest BCUT2D eigenvalue weighted by molar-refractivity contribution is 7.09. The van der Waals surface area contributed by atoms with Gasteiger partial charge in [-0.2, -0.15) is 10.2 Å². The molecule has 3 heterocycles. The van der Waals surface area contributed by atoms with Crippen molar-refractivity contribution in [3.8, 4) is 6.07 Å². The van der Waals surface area contributed by atoms with Crippen LogP contribution in [0.5, 0.6) is 0 Å². The number of nitrogens with two attached hydrogens (primary N) is 2. The zero-order valence-electron chi connectivity index (χ0n) is 19.4. The summed E-state index contributed by atoms with van der Waals surface area (Å²) in [4.78, 5) is 25.7. The Labute approximate surface area is 206 Å². The predicted molar refractivity (Wildman–Crippen MR) is 138 cm³/mol. The maximum atomic E-state index is 13.3. The zero-order valence-corrected chi connectivity index (χ0v) is 20.2. The summed E-state index contributed by atoms with van der Waals surface area (Å²) < 4.78 is 1.45. The lowest BCUT2D eigenvalue weighted by atomic mass is 9.74.